The van der Waals surface area contributed by atoms with Crippen LogP contribution in [0.15, 0.2) is 18.2 Å². The summed E-state index contributed by atoms with van der Waals surface area (Å²) in [6.45, 7) is 1.73. The zero-order valence-electron chi connectivity index (χ0n) is 8.54. The van der Waals surface area contributed by atoms with Crippen molar-refractivity contribution in [2.45, 2.75) is 18.2 Å². The molecule has 16 heavy (non-hydrogen) atoms. The van der Waals surface area contributed by atoms with Crippen LogP contribution < -0.4 is 0 Å². The Balaban J connectivity index is 3.17. The van der Waals surface area contributed by atoms with Crippen molar-refractivity contribution in [3.63, 3.8) is 0 Å². The number of rotatable bonds is 4. The molecule has 0 fully saturated rings. The van der Waals surface area contributed by atoms with Gasteiger partial charge in [-0.2, -0.15) is 0 Å². The van der Waals surface area contributed by atoms with Crippen LogP contribution in [-0.2, 0) is 11.2 Å². The number of carboxylic acids is 1. The maximum atomic E-state index is 11.9. The molecule has 0 aliphatic carbocycles. The summed E-state index contributed by atoms with van der Waals surface area (Å²) in [5, 5.41) is 8.76. The van der Waals surface area contributed by atoms with Crippen molar-refractivity contribution in [1.29, 1.82) is 0 Å². The third kappa shape index (κ3) is 3.55. The van der Waals surface area contributed by atoms with Crippen molar-refractivity contribution in [2.75, 3.05) is 0 Å². The highest BCUT2D eigenvalue weighted by atomic mass is 127. The first-order valence-electron chi connectivity index (χ1n) is 4.60. The Bertz CT molecular complexity index is 429. The van der Waals surface area contributed by atoms with E-state index in [1.165, 1.54) is 0 Å². The molecule has 0 heterocycles. The van der Waals surface area contributed by atoms with Crippen molar-refractivity contribution in [3.05, 3.63) is 32.9 Å². The van der Waals surface area contributed by atoms with Gasteiger partial charge in [0.05, 0.1) is 11.2 Å². The number of Topliss-reactive ketones (excluding diaryl/α,β-unsaturated/α-hetero) is 1. The SMILES string of the molecule is CC(Br)C(=O)c1cc(I)ccc1CC(=O)O. The molecule has 3 nitrogen and oxygen atoms in total. The standard InChI is InChI=1S/C11H10BrIO3/c1-6(12)11(16)9-5-8(13)3-2-7(9)4-10(14)15/h2-3,5-6H,4H2,1H3,(H,14,15). The van der Waals surface area contributed by atoms with E-state index in [4.69, 9.17) is 5.11 Å². The Kier molecular flexibility index (Phi) is 4.91. The Labute approximate surface area is 116 Å². The molecule has 86 valence electrons. The van der Waals surface area contributed by atoms with E-state index in [0.717, 1.165) is 3.57 Å². The molecule has 1 aromatic carbocycles. The Morgan fingerprint density at radius 3 is 2.62 bits per heavy atom. The van der Waals surface area contributed by atoms with Crippen molar-refractivity contribution in [2.24, 2.45) is 0 Å². The summed E-state index contributed by atoms with van der Waals surface area (Å²) in [6, 6.07) is 5.21. The number of hydrogen-bond donors (Lipinski definition) is 1. The average molecular weight is 397 g/mol. The number of carboxylic acid groups (broad SMARTS) is 1. The van der Waals surface area contributed by atoms with Crippen molar-refractivity contribution < 1.29 is 14.7 Å². The summed E-state index contributed by atoms with van der Waals surface area (Å²) in [4.78, 5) is 22.2. The quantitative estimate of drug-likeness (QED) is 0.483. The second kappa shape index (κ2) is 5.77. The minimum absolute atomic E-state index is 0.0882. The van der Waals surface area contributed by atoms with Crippen LogP contribution in [0.2, 0.25) is 0 Å². The van der Waals surface area contributed by atoms with E-state index in [0.29, 0.717) is 11.1 Å². The van der Waals surface area contributed by atoms with Gasteiger partial charge in [-0.3, -0.25) is 9.59 Å². The second-order valence-corrected chi connectivity index (χ2v) is 5.97. The monoisotopic (exact) mass is 396 g/mol. The number of hydrogen-bond acceptors (Lipinski definition) is 2. The fourth-order valence-corrected chi connectivity index (χ4v) is 2.05. The highest BCUT2D eigenvalue weighted by Crippen LogP contribution is 2.18. The summed E-state index contributed by atoms with van der Waals surface area (Å²) in [5.74, 6) is -1.02. The Morgan fingerprint density at radius 2 is 2.12 bits per heavy atom. The van der Waals surface area contributed by atoms with E-state index in [1.54, 1.807) is 25.1 Å². The zero-order valence-corrected chi connectivity index (χ0v) is 12.3. The fraction of sp³-hybridized carbons (Fsp3) is 0.273. The molecule has 1 rings (SSSR count). The number of carbonyl (C=O) groups excluding carboxylic acids is 1. The lowest BCUT2D eigenvalue weighted by atomic mass is 10.00. The van der Waals surface area contributed by atoms with Crippen molar-refractivity contribution in [1.82, 2.24) is 0 Å². The summed E-state index contributed by atoms with van der Waals surface area (Å²) >= 11 is 5.30. The van der Waals surface area contributed by atoms with Gasteiger partial charge in [-0.05, 0) is 47.2 Å². The second-order valence-electron chi connectivity index (χ2n) is 3.35. The first kappa shape index (κ1) is 13.6. The maximum absolute atomic E-state index is 11.9. The number of ketones is 1. The van der Waals surface area contributed by atoms with Crippen LogP contribution in [0.4, 0.5) is 0 Å². The number of halogens is 2. The van der Waals surface area contributed by atoms with Crippen molar-refractivity contribution in [3.8, 4) is 0 Å². The van der Waals surface area contributed by atoms with E-state index in [1.807, 2.05) is 0 Å². The normalized spacial score (nSPS) is 12.2. The molecule has 5 heteroatoms. The summed E-state index contributed by atoms with van der Waals surface area (Å²) in [5.41, 5.74) is 1.04. The number of alkyl halides is 1. The molecule has 1 aromatic rings. The van der Waals surface area contributed by atoms with Crippen LogP contribution in [0.1, 0.15) is 22.8 Å². The van der Waals surface area contributed by atoms with Gasteiger partial charge in [0, 0.05) is 9.13 Å². The summed E-state index contributed by atoms with van der Waals surface area (Å²) in [7, 11) is 0. The van der Waals surface area contributed by atoms with E-state index >= 15 is 0 Å². The Hall–Kier alpha value is -0.430. The first-order chi connectivity index (χ1) is 7.41. The zero-order chi connectivity index (χ0) is 12.3. The lowest BCUT2D eigenvalue weighted by molar-refractivity contribution is -0.136. The molecule has 0 aliphatic rings. The first-order valence-corrected chi connectivity index (χ1v) is 6.59. The third-order valence-electron chi connectivity index (χ3n) is 2.04. The third-order valence-corrected chi connectivity index (χ3v) is 3.13. The molecule has 0 saturated heterocycles. The predicted octanol–water partition coefficient (Wildman–Crippen LogP) is 2.88. The summed E-state index contributed by atoms with van der Waals surface area (Å²) in [6.07, 6.45) is -0.127. The van der Waals surface area contributed by atoms with Crippen LogP contribution in [-0.4, -0.2) is 21.7 Å². The highest BCUT2D eigenvalue weighted by molar-refractivity contribution is 14.1. The van der Waals surface area contributed by atoms with Gasteiger partial charge < -0.3 is 5.11 Å². The van der Waals surface area contributed by atoms with Gasteiger partial charge in [0.2, 0.25) is 0 Å². The maximum Gasteiger partial charge on any atom is 0.307 e. The molecule has 0 amide bonds. The van der Waals surface area contributed by atoms with Gasteiger partial charge in [0.25, 0.3) is 0 Å². The molecule has 0 bridgehead atoms. The molecule has 0 spiro atoms. The highest BCUT2D eigenvalue weighted by Gasteiger charge is 2.17. The minimum Gasteiger partial charge on any atom is -0.481 e. The molecule has 0 aromatic heterocycles. The van der Waals surface area contributed by atoms with Crippen LogP contribution in [0, 0.1) is 3.57 Å². The molecular weight excluding hydrogens is 387 g/mol. The molecule has 0 aliphatic heterocycles. The van der Waals surface area contributed by atoms with Gasteiger partial charge in [0.15, 0.2) is 5.78 Å². The molecular formula is C11H10BrIO3. The van der Waals surface area contributed by atoms with Crippen LogP contribution in [0.3, 0.4) is 0 Å². The van der Waals surface area contributed by atoms with Crippen LogP contribution in [0.5, 0.6) is 0 Å². The van der Waals surface area contributed by atoms with Crippen molar-refractivity contribution >= 4 is 50.3 Å². The number of aliphatic carboxylic acids is 1. The van der Waals surface area contributed by atoms with E-state index < -0.39 is 5.97 Å². The molecule has 0 saturated carbocycles. The summed E-state index contributed by atoms with van der Waals surface area (Å²) < 4.78 is 0.920. The fourth-order valence-electron chi connectivity index (χ4n) is 1.31. The van der Waals surface area contributed by atoms with Gasteiger partial charge in [-0.1, -0.05) is 22.0 Å². The predicted molar refractivity (Wildman–Crippen MR) is 73.2 cm³/mol. The average Bonchev–Trinajstić information content (AvgIpc) is 2.18. The molecule has 1 atom stereocenters. The smallest absolute Gasteiger partial charge is 0.307 e. The van der Waals surface area contributed by atoms with E-state index in [9.17, 15) is 9.59 Å². The van der Waals surface area contributed by atoms with Gasteiger partial charge in [0.1, 0.15) is 0 Å². The molecule has 1 unspecified atom stereocenters. The lowest BCUT2D eigenvalue weighted by Crippen LogP contribution is -2.14. The molecule has 1 N–H and O–H groups in total. The minimum atomic E-state index is -0.933. The number of benzene rings is 1. The van der Waals surface area contributed by atoms with E-state index in [2.05, 4.69) is 38.5 Å². The van der Waals surface area contributed by atoms with Gasteiger partial charge in [-0.25, -0.2) is 0 Å². The van der Waals surface area contributed by atoms with Gasteiger partial charge in [-0.15, -0.1) is 0 Å². The van der Waals surface area contributed by atoms with Gasteiger partial charge >= 0.3 is 5.97 Å². The lowest BCUT2D eigenvalue weighted by Gasteiger charge is -2.09. The number of carbonyl (C=O) groups is 2. The Morgan fingerprint density at radius 1 is 1.50 bits per heavy atom. The van der Waals surface area contributed by atoms with Crippen LogP contribution >= 0.6 is 38.5 Å². The largest absolute Gasteiger partial charge is 0.481 e. The topological polar surface area (TPSA) is 54.4 Å². The van der Waals surface area contributed by atoms with Crippen LogP contribution in [0.25, 0.3) is 0 Å². The van der Waals surface area contributed by atoms with E-state index in [-0.39, 0.29) is 17.0 Å². The molecule has 0 radical (unpaired) electrons.